The molecular weight excluding hydrogens is 797 g/mol. The number of hydrogen-bond donors (Lipinski definition) is 5. The van der Waals surface area contributed by atoms with Crippen LogP contribution in [0.3, 0.4) is 0 Å². The molecule has 17 heteroatoms. The van der Waals surface area contributed by atoms with Crippen molar-refractivity contribution >= 4 is 70.1 Å². The highest BCUT2D eigenvalue weighted by Crippen LogP contribution is 2.44. The van der Waals surface area contributed by atoms with E-state index in [0.717, 1.165) is 43.7 Å². The van der Waals surface area contributed by atoms with Crippen molar-refractivity contribution in [1.29, 1.82) is 0 Å². The Bertz CT molecular complexity index is 2560. The highest BCUT2D eigenvalue weighted by molar-refractivity contribution is 6.13. The standard InChI is InChI=1S/C45H42N8O9/c1-51(45(61)62-26-35-32-16-6-4-14-30(32)31-15-5-7-17-33(31)35)25-40(55)52-23-36(49-42(58)34-18-10-12-27-11-2-3-13-29(27)34)43(59)53(38-20-9-8-19-37(38)52)24-39(54)48-28(21-41(56)57)22-47-50-44(46)60/h2-20,22,28,35-36H,21,23-26H2,1H3,(H,48,54)(H,49,58)(H,56,57)(H3,46,50,60)/b47-22+/t28-,36-/m0/s1. The Balaban J connectivity index is 1.14. The molecule has 17 nitrogen and oxygen atoms in total. The number of anilines is 2. The molecule has 0 bridgehead atoms. The topological polar surface area (TPSA) is 233 Å². The number of hydrogen-bond acceptors (Lipinski definition) is 9. The minimum absolute atomic E-state index is 0.0204. The summed E-state index contributed by atoms with van der Waals surface area (Å²) in [5.41, 5.74) is 11.7. The number of primary amides is 1. The Hall–Kier alpha value is -8.08. The van der Waals surface area contributed by atoms with Gasteiger partial charge in [0.25, 0.3) is 11.8 Å². The van der Waals surface area contributed by atoms with Gasteiger partial charge in [-0.1, -0.05) is 97.1 Å². The average molecular weight is 839 g/mol. The molecule has 7 amide bonds. The highest BCUT2D eigenvalue weighted by atomic mass is 16.6. The van der Waals surface area contributed by atoms with E-state index in [-0.39, 0.29) is 29.5 Å². The number of nitrogens with two attached hydrogens (primary N) is 1. The van der Waals surface area contributed by atoms with Gasteiger partial charge in [-0.25, -0.2) is 15.0 Å². The van der Waals surface area contributed by atoms with Crippen LogP contribution in [-0.2, 0) is 23.9 Å². The summed E-state index contributed by atoms with van der Waals surface area (Å²) in [7, 11) is 1.41. The van der Waals surface area contributed by atoms with Gasteiger partial charge in [-0.05, 0) is 51.2 Å². The van der Waals surface area contributed by atoms with Crippen LogP contribution in [0.4, 0.5) is 21.0 Å². The smallest absolute Gasteiger partial charge is 0.409 e. The number of carbonyl (C=O) groups excluding carboxylic acids is 6. The third-order valence-corrected chi connectivity index (χ3v) is 10.5. The van der Waals surface area contributed by atoms with E-state index < -0.39 is 79.9 Å². The van der Waals surface area contributed by atoms with Crippen molar-refractivity contribution in [2.45, 2.75) is 24.4 Å². The van der Waals surface area contributed by atoms with Gasteiger partial charge in [0.1, 0.15) is 25.7 Å². The fraction of sp³-hybridized carbons (Fsp3) is 0.200. The quantitative estimate of drug-likeness (QED) is 0.0856. The summed E-state index contributed by atoms with van der Waals surface area (Å²) < 4.78 is 5.79. The normalized spacial score (nSPS) is 14.9. The van der Waals surface area contributed by atoms with Crippen LogP contribution in [0.15, 0.2) is 120 Å². The van der Waals surface area contributed by atoms with Gasteiger partial charge in [0, 0.05) is 24.7 Å². The van der Waals surface area contributed by atoms with E-state index >= 15 is 0 Å². The highest BCUT2D eigenvalue weighted by Gasteiger charge is 2.39. The number of urea groups is 1. The molecule has 1 heterocycles. The molecular formula is C45H42N8O9. The van der Waals surface area contributed by atoms with Crippen LogP contribution in [0.5, 0.6) is 0 Å². The monoisotopic (exact) mass is 838 g/mol. The number of likely N-dealkylation sites (N-methyl/N-ethyl adjacent to an activating group) is 1. The molecule has 0 fully saturated rings. The number of aliphatic carboxylic acids is 1. The van der Waals surface area contributed by atoms with Crippen molar-refractivity contribution in [3.63, 3.8) is 0 Å². The van der Waals surface area contributed by atoms with Crippen LogP contribution in [0.1, 0.15) is 33.8 Å². The van der Waals surface area contributed by atoms with E-state index in [4.69, 9.17) is 10.5 Å². The molecule has 0 radical (unpaired) electrons. The number of hydrazone groups is 1. The van der Waals surface area contributed by atoms with E-state index in [2.05, 4.69) is 15.7 Å². The number of amides is 7. The number of carboxylic acid groups (broad SMARTS) is 1. The maximum atomic E-state index is 14.6. The van der Waals surface area contributed by atoms with Crippen LogP contribution in [0, 0.1) is 0 Å². The number of benzene rings is 5. The molecule has 5 aromatic carbocycles. The molecule has 5 aromatic rings. The summed E-state index contributed by atoms with van der Waals surface area (Å²) in [6, 6.07) is 30.7. The van der Waals surface area contributed by atoms with Crippen molar-refractivity contribution in [3.05, 3.63) is 132 Å². The lowest BCUT2D eigenvalue weighted by molar-refractivity contribution is -0.137. The molecule has 62 heavy (non-hydrogen) atoms. The van der Waals surface area contributed by atoms with E-state index in [1.807, 2.05) is 72.2 Å². The number of nitrogens with zero attached hydrogens (tertiary/aromatic N) is 4. The molecule has 0 unspecified atom stereocenters. The molecule has 1 aliphatic carbocycles. The first-order valence-electron chi connectivity index (χ1n) is 19.5. The van der Waals surface area contributed by atoms with Gasteiger partial charge in [0.15, 0.2) is 0 Å². The van der Waals surface area contributed by atoms with Crippen molar-refractivity contribution in [3.8, 4) is 11.1 Å². The Morgan fingerprint density at radius 3 is 2.19 bits per heavy atom. The number of ether oxygens (including phenoxy) is 1. The zero-order valence-electron chi connectivity index (χ0n) is 33.4. The molecule has 2 atom stereocenters. The van der Waals surface area contributed by atoms with E-state index in [0.29, 0.717) is 5.39 Å². The summed E-state index contributed by atoms with van der Waals surface area (Å²) in [4.78, 5) is 96.3. The molecule has 0 saturated heterocycles. The Morgan fingerprint density at radius 2 is 1.50 bits per heavy atom. The zero-order chi connectivity index (χ0) is 43.9. The third kappa shape index (κ3) is 9.21. The van der Waals surface area contributed by atoms with Crippen molar-refractivity contribution in [2.75, 3.05) is 43.1 Å². The van der Waals surface area contributed by atoms with E-state index in [1.54, 1.807) is 42.5 Å². The summed E-state index contributed by atoms with van der Waals surface area (Å²) >= 11 is 0. The SMILES string of the molecule is CN(CC(=O)N1C[C@H](NC(=O)c2cccc3ccccc23)C(=O)N(CC(=O)N[C@H](/C=N/NC(N)=O)CC(=O)O)c2ccccc21)C(=O)OCC1c2ccccc2-c2ccccc21. The molecule has 2 aliphatic rings. The average Bonchev–Trinajstić information content (AvgIpc) is 3.52. The van der Waals surface area contributed by atoms with Crippen LogP contribution in [-0.4, -0.2) is 103 Å². The van der Waals surface area contributed by atoms with Gasteiger partial charge in [-0.2, -0.15) is 5.10 Å². The van der Waals surface area contributed by atoms with Gasteiger partial charge in [0.05, 0.1) is 30.4 Å². The second kappa shape index (κ2) is 18.5. The van der Waals surface area contributed by atoms with Gasteiger partial charge in [-0.15, -0.1) is 0 Å². The predicted molar refractivity (Wildman–Crippen MR) is 229 cm³/mol. The van der Waals surface area contributed by atoms with Gasteiger partial charge in [-0.3, -0.25) is 28.9 Å². The largest absolute Gasteiger partial charge is 0.481 e. The fourth-order valence-electron chi connectivity index (χ4n) is 7.73. The summed E-state index contributed by atoms with van der Waals surface area (Å²) in [5, 5.41) is 19.6. The molecule has 7 rings (SSSR count). The Kier molecular flexibility index (Phi) is 12.5. The molecule has 6 N–H and O–H groups in total. The Labute approximate surface area is 355 Å². The number of nitrogens with one attached hydrogen (secondary N) is 3. The second-order valence-electron chi connectivity index (χ2n) is 14.7. The predicted octanol–water partition coefficient (Wildman–Crippen LogP) is 3.81. The lowest BCUT2D eigenvalue weighted by Gasteiger charge is -2.27. The van der Waals surface area contributed by atoms with Crippen molar-refractivity contribution in [1.82, 2.24) is 21.0 Å². The fourth-order valence-corrected chi connectivity index (χ4v) is 7.73. The van der Waals surface area contributed by atoms with Crippen molar-refractivity contribution < 1.29 is 43.4 Å². The lowest BCUT2D eigenvalue weighted by Crippen LogP contribution is -2.55. The number of para-hydroxylation sites is 2. The van der Waals surface area contributed by atoms with Crippen LogP contribution < -0.4 is 31.6 Å². The summed E-state index contributed by atoms with van der Waals surface area (Å²) in [6.45, 7) is -1.55. The van der Waals surface area contributed by atoms with Crippen LogP contribution in [0.25, 0.3) is 21.9 Å². The van der Waals surface area contributed by atoms with Crippen LogP contribution in [0.2, 0.25) is 0 Å². The number of rotatable bonds is 13. The minimum atomic E-state index is -1.43. The molecule has 0 saturated carbocycles. The van der Waals surface area contributed by atoms with Crippen molar-refractivity contribution in [2.24, 2.45) is 10.8 Å². The van der Waals surface area contributed by atoms with Gasteiger partial charge in [0.2, 0.25) is 11.8 Å². The molecule has 316 valence electrons. The molecule has 0 aromatic heterocycles. The summed E-state index contributed by atoms with van der Waals surface area (Å²) in [6.07, 6.45) is -0.428. The van der Waals surface area contributed by atoms with Gasteiger partial charge >= 0.3 is 18.1 Å². The maximum Gasteiger partial charge on any atom is 0.409 e. The number of carbonyl (C=O) groups is 7. The molecule has 0 spiro atoms. The first-order chi connectivity index (χ1) is 29.9. The van der Waals surface area contributed by atoms with Crippen LogP contribution >= 0.6 is 0 Å². The lowest BCUT2D eigenvalue weighted by atomic mass is 9.98. The maximum absolute atomic E-state index is 14.6. The summed E-state index contributed by atoms with van der Waals surface area (Å²) in [5.74, 6) is -4.37. The number of carboxylic acids is 1. The zero-order valence-corrected chi connectivity index (χ0v) is 33.4. The van der Waals surface area contributed by atoms with E-state index in [1.165, 1.54) is 18.0 Å². The first kappa shape index (κ1) is 42.1. The van der Waals surface area contributed by atoms with E-state index in [9.17, 15) is 38.7 Å². The Morgan fingerprint density at radius 1 is 0.871 bits per heavy atom. The second-order valence-corrected chi connectivity index (χ2v) is 14.7. The third-order valence-electron chi connectivity index (χ3n) is 10.5. The number of fused-ring (bicyclic) bond motifs is 5. The minimum Gasteiger partial charge on any atom is -0.481 e. The van der Waals surface area contributed by atoms with Gasteiger partial charge < -0.3 is 36.0 Å². The molecule has 1 aliphatic heterocycles. The first-order valence-corrected chi connectivity index (χ1v) is 19.5.